The molecular weight excluding hydrogens is 376 g/mol. The predicted octanol–water partition coefficient (Wildman–Crippen LogP) is 5.73. The fraction of sp³-hybridized carbons (Fsp3) is 0.375. The molecule has 1 heterocycles. The molecule has 0 saturated heterocycles. The average molecular weight is 412 g/mol. The van der Waals surface area contributed by atoms with Gasteiger partial charge in [-0.1, -0.05) is 30.2 Å². The third-order valence-corrected chi connectivity index (χ3v) is 4.61. The molecule has 0 unspecified atom stereocenters. The van der Waals surface area contributed by atoms with Crippen molar-refractivity contribution in [2.75, 3.05) is 6.54 Å². The molecule has 1 atom stereocenters. The molecule has 0 radical (unpaired) electrons. The lowest BCUT2D eigenvalue weighted by atomic mass is 10.0. The number of fused-ring (bicyclic) bond motifs is 1. The molecule has 6 nitrogen and oxygen atoms in total. The summed E-state index contributed by atoms with van der Waals surface area (Å²) >= 11 is 0. The highest BCUT2D eigenvalue weighted by Gasteiger charge is 2.26. The number of nitrogens with zero attached hydrogens (tertiary/aromatic N) is 3. The van der Waals surface area contributed by atoms with Gasteiger partial charge in [-0.2, -0.15) is 4.98 Å². The summed E-state index contributed by atoms with van der Waals surface area (Å²) in [5.74, 6) is -0.806. The van der Waals surface area contributed by atoms with Gasteiger partial charge in [-0.3, -0.25) is 0 Å². The molecule has 1 aliphatic carbocycles. The highest BCUT2D eigenvalue weighted by Crippen LogP contribution is 2.38. The highest BCUT2D eigenvalue weighted by atomic mass is 16.5. The Morgan fingerprint density at radius 3 is 3.07 bits per heavy atom. The van der Waals surface area contributed by atoms with Crippen molar-refractivity contribution in [2.24, 2.45) is 0 Å². The highest BCUT2D eigenvalue weighted by molar-refractivity contribution is 5.70. The van der Waals surface area contributed by atoms with E-state index in [9.17, 15) is 0 Å². The number of benzene rings is 2. The second-order valence-corrected chi connectivity index (χ2v) is 6.94. The Kier molecular flexibility index (Phi) is 3.44. The van der Waals surface area contributed by atoms with E-state index in [4.69, 9.17) is 28.2 Å². The molecule has 0 fully saturated rings. The summed E-state index contributed by atoms with van der Waals surface area (Å²) < 4.78 is 84.9. The zero-order chi connectivity index (χ0) is 29.0. The van der Waals surface area contributed by atoms with Crippen LogP contribution < -0.4 is 10.1 Å². The first-order valence-electron chi connectivity index (χ1n) is 14.0. The van der Waals surface area contributed by atoms with E-state index >= 15 is 0 Å². The minimum Gasteiger partial charge on any atom is -0.502 e. The molecule has 0 spiro atoms. The Morgan fingerprint density at radius 2 is 2.30 bits per heavy atom. The van der Waals surface area contributed by atoms with E-state index in [0.717, 1.165) is 0 Å². The van der Waals surface area contributed by atoms with E-state index in [2.05, 4.69) is 20.3 Å². The van der Waals surface area contributed by atoms with Crippen molar-refractivity contribution in [1.29, 1.82) is 0 Å². The molecule has 0 bridgehead atoms. The number of aromatic nitrogens is 2. The first-order chi connectivity index (χ1) is 18.1. The second kappa shape index (κ2) is 8.68. The smallest absolute Gasteiger partial charge is 0.256 e. The van der Waals surface area contributed by atoms with Crippen LogP contribution >= 0.6 is 0 Å². The largest absolute Gasteiger partial charge is 0.502 e. The van der Waals surface area contributed by atoms with Crippen LogP contribution in [0, 0.1) is 6.57 Å². The third kappa shape index (κ3) is 3.94. The maximum Gasteiger partial charge on any atom is 0.256 e. The number of ether oxygens (including phenoxy) is 1. The van der Waals surface area contributed by atoms with Crippen LogP contribution in [-0.2, 0) is 6.42 Å². The lowest BCUT2D eigenvalue weighted by molar-refractivity contribution is 0.244. The summed E-state index contributed by atoms with van der Waals surface area (Å²) in [6.45, 7) is 11.8. The van der Waals surface area contributed by atoms with Gasteiger partial charge in [0.25, 0.3) is 5.89 Å². The van der Waals surface area contributed by atoms with Crippen molar-refractivity contribution in [1.82, 2.24) is 15.5 Å². The van der Waals surface area contributed by atoms with Crippen LogP contribution in [0.5, 0.6) is 5.75 Å². The van der Waals surface area contributed by atoms with Gasteiger partial charge in [-0.05, 0) is 68.9 Å². The predicted molar refractivity (Wildman–Crippen MR) is 117 cm³/mol. The minimum atomic E-state index is -1.52. The van der Waals surface area contributed by atoms with Crippen molar-refractivity contribution in [3.05, 3.63) is 58.8 Å². The van der Waals surface area contributed by atoms with Gasteiger partial charge in [0.2, 0.25) is 11.5 Å². The summed E-state index contributed by atoms with van der Waals surface area (Å²) in [4.78, 5) is 7.57. The van der Waals surface area contributed by atoms with Gasteiger partial charge in [0.15, 0.2) is 0 Å². The van der Waals surface area contributed by atoms with Crippen LogP contribution in [0.2, 0.25) is 0 Å². The summed E-state index contributed by atoms with van der Waals surface area (Å²) in [6, 6.07) is -2.71. The SMILES string of the molecule is [2H]c1c([2H])c(-c2noc(-c3c([2H])c([2H])c(OC([2H])(C)C)c([N+]#[C-])c3[2H])n2)c2c(c1[2H])[C@@H](NCC([2H])([2H])C)CC2. The molecule has 154 valence electrons. The fourth-order valence-corrected chi connectivity index (χ4v) is 3.33. The van der Waals surface area contributed by atoms with E-state index in [1.807, 2.05) is 0 Å². The fourth-order valence-electron chi connectivity index (χ4n) is 3.33. The molecule has 0 saturated carbocycles. The molecule has 1 N–H and O–H groups in total. The number of nitrogens with one attached hydrogen (secondary N) is 1. The molecule has 3 aromatic rings. The van der Waals surface area contributed by atoms with Crippen LogP contribution in [0.15, 0.2) is 40.8 Å². The van der Waals surface area contributed by atoms with E-state index < -0.39 is 36.6 Å². The average Bonchev–Trinajstić information content (AvgIpc) is 3.47. The first kappa shape index (κ1) is 11.9. The minimum absolute atomic E-state index is 0.0305. The third-order valence-electron chi connectivity index (χ3n) is 4.61. The molecule has 0 amide bonds. The van der Waals surface area contributed by atoms with E-state index in [1.165, 1.54) is 20.8 Å². The van der Waals surface area contributed by atoms with Gasteiger partial charge in [0.05, 0.1) is 20.9 Å². The topological polar surface area (TPSA) is 64.5 Å². The monoisotopic (exact) mass is 411 g/mol. The maximum absolute atomic E-state index is 8.53. The molecular formula is C24H26N4O2. The van der Waals surface area contributed by atoms with Gasteiger partial charge in [0, 0.05) is 21.3 Å². The summed E-state index contributed by atoms with van der Waals surface area (Å²) in [5, 5.41) is 7.04. The van der Waals surface area contributed by atoms with Crippen molar-refractivity contribution >= 4 is 5.69 Å². The molecule has 0 aliphatic heterocycles. The van der Waals surface area contributed by atoms with E-state index in [-0.39, 0.29) is 59.0 Å². The first-order valence-corrected chi connectivity index (χ1v) is 9.46. The Labute approximate surface area is 189 Å². The van der Waals surface area contributed by atoms with Crippen LogP contribution in [-0.4, -0.2) is 22.8 Å². The zero-order valence-corrected chi connectivity index (χ0v) is 16.9. The van der Waals surface area contributed by atoms with Gasteiger partial charge < -0.3 is 14.6 Å². The van der Waals surface area contributed by atoms with Crippen LogP contribution in [0.25, 0.3) is 27.7 Å². The molecule has 6 heteroatoms. The van der Waals surface area contributed by atoms with E-state index in [1.54, 1.807) is 0 Å². The van der Waals surface area contributed by atoms with Crippen LogP contribution in [0.4, 0.5) is 5.69 Å². The lowest BCUT2D eigenvalue weighted by Gasteiger charge is -2.13. The Hall–Kier alpha value is -3.17. The van der Waals surface area contributed by atoms with E-state index in [0.29, 0.717) is 24.0 Å². The van der Waals surface area contributed by atoms with Gasteiger partial charge >= 0.3 is 0 Å². The maximum atomic E-state index is 8.53. The Balaban J connectivity index is 1.84. The number of rotatable bonds is 7. The Bertz CT molecular complexity index is 1500. The van der Waals surface area contributed by atoms with Gasteiger partial charge in [0.1, 0.15) is 5.75 Å². The molecule has 2 aromatic carbocycles. The molecule has 1 aliphatic rings. The van der Waals surface area contributed by atoms with Crippen LogP contribution in [0.3, 0.4) is 0 Å². The second-order valence-electron chi connectivity index (χ2n) is 6.94. The summed E-state index contributed by atoms with van der Waals surface area (Å²) in [6.07, 6.45) is -2.09. The summed E-state index contributed by atoms with van der Waals surface area (Å²) in [5.41, 5.74) is 0.521. The van der Waals surface area contributed by atoms with Gasteiger partial charge in [-0.25, -0.2) is 4.85 Å². The van der Waals surface area contributed by atoms with Crippen molar-refractivity contribution in [3.8, 4) is 28.6 Å². The van der Waals surface area contributed by atoms with Gasteiger partial charge in [-0.15, -0.1) is 0 Å². The lowest BCUT2D eigenvalue weighted by Crippen LogP contribution is -2.19. The van der Waals surface area contributed by atoms with Crippen LogP contribution in [0.1, 0.15) is 63.1 Å². The standard InChI is InChI=1S/C24H26N4O2/c1-5-13-26-20-11-10-17-18(20)7-6-8-19(17)23-27-24(30-28-23)16-9-12-22(29-15(2)3)21(14-16)25-4/h6-9,12,14-15,20,26H,5,10-11,13H2,1-3H3/t20-/m0/s1/i5D2,6D,7D,8D,9D,12D,14D,15D. The normalized spacial score (nSPS) is 20.3. The Morgan fingerprint density at radius 1 is 1.43 bits per heavy atom. The number of hydrogen-bond donors (Lipinski definition) is 1. The molecule has 1 aromatic heterocycles. The quantitative estimate of drug-likeness (QED) is 0.503. The molecule has 4 rings (SSSR count). The molecule has 30 heavy (non-hydrogen) atoms. The van der Waals surface area contributed by atoms with Crippen molar-refractivity contribution in [3.63, 3.8) is 0 Å². The zero-order valence-electron chi connectivity index (χ0n) is 25.9. The number of hydrogen-bond acceptors (Lipinski definition) is 5. The summed E-state index contributed by atoms with van der Waals surface area (Å²) in [7, 11) is 0. The van der Waals surface area contributed by atoms with Crippen molar-refractivity contribution in [2.45, 2.75) is 52.1 Å². The van der Waals surface area contributed by atoms with Crippen molar-refractivity contribution < 1.29 is 21.6 Å².